The summed E-state index contributed by atoms with van der Waals surface area (Å²) in [6, 6.07) is 11.2. The van der Waals surface area contributed by atoms with Crippen molar-refractivity contribution in [1.29, 1.82) is 0 Å². The van der Waals surface area contributed by atoms with E-state index in [0.29, 0.717) is 11.6 Å². The number of rotatable bonds is 4. The Balaban J connectivity index is 1.88. The van der Waals surface area contributed by atoms with E-state index in [2.05, 4.69) is 20.2 Å². The van der Waals surface area contributed by atoms with Crippen LogP contribution in [0, 0.1) is 0 Å². The summed E-state index contributed by atoms with van der Waals surface area (Å²) in [7, 11) is 1.64. The third-order valence-corrected chi connectivity index (χ3v) is 3.68. The molecular weight excluding hydrogens is 304 g/mol. The molecule has 6 nitrogen and oxygen atoms in total. The van der Waals surface area contributed by atoms with Crippen LogP contribution in [0.25, 0.3) is 22.0 Å². The number of fused-ring (bicyclic) bond motifs is 1. The predicted molar refractivity (Wildman–Crippen MR) is 90.2 cm³/mol. The minimum Gasteiger partial charge on any atom is -0.496 e. The van der Waals surface area contributed by atoms with E-state index in [-0.39, 0.29) is 0 Å². The van der Waals surface area contributed by atoms with Gasteiger partial charge in [-0.1, -0.05) is 6.07 Å². The van der Waals surface area contributed by atoms with Gasteiger partial charge in [0, 0.05) is 47.2 Å². The largest absolute Gasteiger partial charge is 0.496 e. The zero-order valence-electron chi connectivity index (χ0n) is 12.9. The summed E-state index contributed by atoms with van der Waals surface area (Å²) >= 11 is 0. The van der Waals surface area contributed by atoms with E-state index in [0.717, 1.165) is 27.8 Å². The van der Waals surface area contributed by atoms with Gasteiger partial charge in [0.1, 0.15) is 11.5 Å². The van der Waals surface area contributed by atoms with E-state index < -0.39 is 0 Å². The first-order valence-corrected chi connectivity index (χ1v) is 7.40. The third kappa shape index (κ3) is 2.54. The lowest BCUT2D eigenvalue weighted by Crippen LogP contribution is -1.92. The maximum atomic E-state index is 5.92. The number of pyridine rings is 2. The standard InChI is InChI=1S/C18H14N4O2/c1-23-17-9-15-14(8-13(17)12-10-21-22-11-12)16(5-7-19-15)24-18-4-2-3-6-20-18/h2-11H,1H3,(H,21,22). The lowest BCUT2D eigenvalue weighted by atomic mass is 10.0. The number of methoxy groups -OCH3 is 1. The fourth-order valence-corrected chi connectivity index (χ4v) is 2.55. The van der Waals surface area contributed by atoms with Gasteiger partial charge in [-0.15, -0.1) is 0 Å². The van der Waals surface area contributed by atoms with Crippen molar-refractivity contribution in [2.75, 3.05) is 7.11 Å². The molecule has 0 aliphatic carbocycles. The summed E-state index contributed by atoms with van der Waals surface area (Å²) in [5.74, 6) is 1.95. The van der Waals surface area contributed by atoms with Crippen molar-refractivity contribution < 1.29 is 9.47 Å². The number of hydrogen-bond donors (Lipinski definition) is 1. The maximum Gasteiger partial charge on any atom is 0.219 e. The Labute approximate surface area is 138 Å². The highest BCUT2D eigenvalue weighted by molar-refractivity contribution is 5.92. The molecule has 0 spiro atoms. The molecule has 3 aromatic heterocycles. The summed E-state index contributed by atoms with van der Waals surface area (Å²) in [6.07, 6.45) is 6.97. The predicted octanol–water partition coefficient (Wildman–Crippen LogP) is 3.82. The molecule has 6 heteroatoms. The van der Waals surface area contributed by atoms with E-state index in [1.54, 1.807) is 25.7 Å². The molecule has 0 aliphatic rings. The molecule has 24 heavy (non-hydrogen) atoms. The maximum absolute atomic E-state index is 5.92. The Kier molecular flexibility index (Phi) is 3.55. The summed E-state index contributed by atoms with van der Waals surface area (Å²) < 4.78 is 11.4. The fourth-order valence-electron chi connectivity index (χ4n) is 2.55. The van der Waals surface area contributed by atoms with Gasteiger partial charge in [-0.3, -0.25) is 10.1 Å². The topological polar surface area (TPSA) is 72.9 Å². The minimum absolute atomic E-state index is 0.533. The number of H-pyrrole nitrogens is 1. The van der Waals surface area contributed by atoms with E-state index in [4.69, 9.17) is 9.47 Å². The average molecular weight is 318 g/mol. The van der Waals surface area contributed by atoms with Crippen molar-refractivity contribution in [1.82, 2.24) is 20.2 Å². The van der Waals surface area contributed by atoms with Crippen LogP contribution in [-0.4, -0.2) is 27.3 Å². The number of hydrogen-bond acceptors (Lipinski definition) is 5. The molecule has 0 amide bonds. The lowest BCUT2D eigenvalue weighted by molar-refractivity contribution is 0.417. The molecule has 4 rings (SSSR count). The van der Waals surface area contributed by atoms with Crippen LogP contribution in [-0.2, 0) is 0 Å². The molecular formula is C18H14N4O2. The van der Waals surface area contributed by atoms with Crippen LogP contribution in [0.3, 0.4) is 0 Å². The second-order valence-corrected chi connectivity index (χ2v) is 5.14. The molecule has 0 saturated heterocycles. The van der Waals surface area contributed by atoms with E-state index >= 15 is 0 Å². The first kappa shape index (κ1) is 14.2. The van der Waals surface area contributed by atoms with Gasteiger partial charge >= 0.3 is 0 Å². The highest BCUT2D eigenvalue weighted by Gasteiger charge is 2.13. The summed E-state index contributed by atoms with van der Waals surface area (Å²) in [5, 5.41) is 7.70. The van der Waals surface area contributed by atoms with Crippen molar-refractivity contribution in [3.8, 4) is 28.5 Å². The first-order chi connectivity index (χ1) is 11.8. The SMILES string of the molecule is COc1cc2nccc(Oc3ccccn3)c2cc1-c1cn[nH]c1. The average Bonchev–Trinajstić information content (AvgIpc) is 3.16. The van der Waals surface area contributed by atoms with Crippen LogP contribution in [0.1, 0.15) is 0 Å². The van der Waals surface area contributed by atoms with Gasteiger partial charge in [-0.25, -0.2) is 4.98 Å². The number of benzene rings is 1. The summed E-state index contributed by atoms with van der Waals surface area (Å²) in [4.78, 5) is 8.62. The van der Waals surface area contributed by atoms with Crippen LogP contribution in [0.4, 0.5) is 0 Å². The minimum atomic E-state index is 0.533. The Morgan fingerprint density at radius 1 is 1.00 bits per heavy atom. The van der Waals surface area contributed by atoms with Crippen LogP contribution in [0.15, 0.2) is 61.2 Å². The van der Waals surface area contributed by atoms with Crippen LogP contribution < -0.4 is 9.47 Å². The van der Waals surface area contributed by atoms with Crippen molar-refractivity contribution in [3.63, 3.8) is 0 Å². The van der Waals surface area contributed by atoms with E-state index in [9.17, 15) is 0 Å². The third-order valence-electron chi connectivity index (χ3n) is 3.68. The van der Waals surface area contributed by atoms with Crippen molar-refractivity contribution in [2.24, 2.45) is 0 Å². The summed E-state index contributed by atoms with van der Waals surface area (Å²) in [6.45, 7) is 0. The Morgan fingerprint density at radius 2 is 1.96 bits per heavy atom. The number of aromatic nitrogens is 4. The van der Waals surface area contributed by atoms with Gasteiger partial charge in [0.2, 0.25) is 5.88 Å². The number of aromatic amines is 1. The molecule has 1 aromatic carbocycles. The number of ether oxygens (including phenoxy) is 2. The molecule has 3 heterocycles. The van der Waals surface area contributed by atoms with Crippen molar-refractivity contribution in [3.05, 3.63) is 61.2 Å². The second kappa shape index (κ2) is 6.00. The van der Waals surface area contributed by atoms with Crippen molar-refractivity contribution >= 4 is 10.9 Å². The van der Waals surface area contributed by atoms with Gasteiger partial charge in [0.25, 0.3) is 0 Å². The molecule has 0 radical (unpaired) electrons. The van der Waals surface area contributed by atoms with Crippen LogP contribution >= 0.6 is 0 Å². The molecule has 4 aromatic rings. The van der Waals surface area contributed by atoms with E-state index in [1.165, 1.54) is 0 Å². The summed E-state index contributed by atoms with van der Waals surface area (Å²) in [5.41, 5.74) is 2.63. The number of nitrogens with one attached hydrogen (secondary N) is 1. The zero-order valence-corrected chi connectivity index (χ0v) is 12.9. The molecule has 0 fully saturated rings. The van der Waals surface area contributed by atoms with Crippen LogP contribution in [0.5, 0.6) is 17.4 Å². The highest BCUT2D eigenvalue weighted by atomic mass is 16.5. The Hall–Kier alpha value is -3.41. The lowest BCUT2D eigenvalue weighted by Gasteiger charge is -2.12. The molecule has 0 saturated carbocycles. The number of nitrogens with zero attached hydrogens (tertiary/aromatic N) is 3. The smallest absolute Gasteiger partial charge is 0.219 e. The van der Waals surface area contributed by atoms with Gasteiger partial charge in [-0.2, -0.15) is 5.10 Å². The fraction of sp³-hybridized carbons (Fsp3) is 0.0556. The Bertz CT molecular complexity index is 969. The molecule has 0 bridgehead atoms. The van der Waals surface area contributed by atoms with Gasteiger partial charge in [0.15, 0.2) is 0 Å². The quantitative estimate of drug-likeness (QED) is 0.619. The molecule has 1 N–H and O–H groups in total. The van der Waals surface area contributed by atoms with Gasteiger partial charge in [-0.05, 0) is 18.2 Å². The Morgan fingerprint density at radius 3 is 2.71 bits per heavy atom. The molecule has 0 atom stereocenters. The monoisotopic (exact) mass is 318 g/mol. The molecule has 0 aliphatic heterocycles. The van der Waals surface area contributed by atoms with Gasteiger partial charge < -0.3 is 9.47 Å². The van der Waals surface area contributed by atoms with Crippen LogP contribution in [0.2, 0.25) is 0 Å². The second-order valence-electron chi connectivity index (χ2n) is 5.14. The van der Waals surface area contributed by atoms with Crippen molar-refractivity contribution in [2.45, 2.75) is 0 Å². The first-order valence-electron chi connectivity index (χ1n) is 7.40. The zero-order chi connectivity index (χ0) is 16.4. The highest BCUT2D eigenvalue weighted by Crippen LogP contribution is 2.37. The molecule has 0 unspecified atom stereocenters. The molecule has 118 valence electrons. The van der Waals surface area contributed by atoms with E-state index in [1.807, 2.05) is 42.6 Å². The van der Waals surface area contributed by atoms with Gasteiger partial charge in [0.05, 0.1) is 18.8 Å². The normalized spacial score (nSPS) is 10.7.